The number of H-pyrrole nitrogens is 2. The zero-order chi connectivity index (χ0) is 16.5. The summed E-state index contributed by atoms with van der Waals surface area (Å²) in [5.74, 6) is -0.106. The Labute approximate surface area is 139 Å². The minimum Gasteiger partial charge on any atom is -0.361 e. The fourth-order valence-electron chi connectivity index (χ4n) is 3.06. The molecule has 0 spiro atoms. The van der Waals surface area contributed by atoms with Crippen LogP contribution in [0.2, 0.25) is 0 Å². The van der Waals surface area contributed by atoms with Crippen molar-refractivity contribution in [3.8, 4) is 0 Å². The Morgan fingerprint density at radius 2 is 1.54 bits per heavy atom. The summed E-state index contributed by atoms with van der Waals surface area (Å²) in [5, 5.41) is 4.88. The first-order valence-electron chi connectivity index (χ1n) is 7.84. The number of benzene rings is 2. The van der Waals surface area contributed by atoms with Gasteiger partial charge in [-0.2, -0.15) is 0 Å². The smallest absolute Gasteiger partial charge is 0.251 e. The van der Waals surface area contributed by atoms with Gasteiger partial charge in [-0.25, -0.2) is 0 Å². The lowest BCUT2D eigenvalue weighted by Crippen LogP contribution is -2.19. The van der Waals surface area contributed by atoms with Gasteiger partial charge < -0.3 is 15.3 Å². The lowest BCUT2D eigenvalue weighted by atomic mass is 10.0. The van der Waals surface area contributed by atoms with Crippen molar-refractivity contribution in [1.29, 1.82) is 0 Å². The molecule has 4 nitrogen and oxygen atoms in total. The summed E-state index contributed by atoms with van der Waals surface area (Å²) in [6, 6.07) is 16.0. The molecule has 0 saturated heterocycles. The highest BCUT2D eigenvalue weighted by molar-refractivity contribution is 6.27. The van der Waals surface area contributed by atoms with Gasteiger partial charge in [0.15, 0.2) is 0 Å². The number of likely N-dealkylation sites (N-methyl/N-ethyl adjacent to an activating group) is 1. The van der Waals surface area contributed by atoms with Crippen LogP contribution < -0.4 is 5.32 Å². The molecule has 0 radical (unpaired) electrons. The predicted molar refractivity (Wildman–Crippen MR) is 98.5 cm³/mol. The Hall–Kier alpha value is -3.27. The van der Waals surface area contributed by atoms with E-state index in [0.717, 1.165) is 32.9 Å². The molecule has 118 valence electrons. The van der Waals surface area contributed by atoms with E-state index in [2.05, 4.69) is 15.3 Å². The molecule has 0 bridgehead atoms. The Morgan fingerprint density at radius 1 is 0.917 bits per heavy atom. The lowest BCUT2D eigenvalue weighted by Gasteiger charge is -2.05. The quantitative estimate of drug-likeness (QED) is 0.493. The number of fused-ring (bicyclic) bond motifs is 2. The molecule has 0 atom stereocenters. The summed E-state index contributed by atoms with van der Waals surface area (Å²) in [4.78, 5) is 19.0. The van der Waals surface area contributed by atoms with Crippen LogP contribution in [0.15, 0.2) is 60.9 Å². The fourth-order valence-corrected chi connectivity index (χ4v) is 3.06. The molecule has 0 saturated carbocycles. The Morgan fingerprint density at radius 3 is 2.29 bits per heavy atom. The Bertz CT molecular complexity index is 1070. The molecule has 24 heavy (non-hydrogen) atoms. The highest BCUT2D eigenvalue weighted by atomic mass is 16.1. The molecule has 1 amide bonds. The van der Waals surface area contributed by atoms with Crippen molar-refractivity contribution in [3.05, 3.63) is 72.1 Å². The molecule has 3 N–H and O–H groups in total. The van der Waals surface area contributed by atoms with E-state index in [4.69, 9.17) is 0 Å². The van der Waals surface area contributed by atoms with Crippen LogP contribution in [0.25, 0.3) is 33.5 Å². The van der Waals surface area contributed by atoms with Crippen LogP contribution in [0, 0.1) is 0 Å². The molecule has 0 aliphatic heterocycles. The lowest BCUT2D eigenvalue weighted by molar-refractivity contribution is -0.115. The number of carbonyl (C=O) groups excluding carboxylic acids is 1. The maximum Gasteiger partial charge on any atom is 0.251 e. The van der Waals surface area contributed by atoms with E-state index >= 15 is 0 Å². The first kappa shape index (κ1) is 14.3. The van der Waals surface area contributed by atoms with E-state index in [1.807, 2.05) is 67.0 Å². The average molecular weight is 315 g/mol. The second-order valence-electron chi connectivity index (χ2n) is 5.67. The van der Waals surface area contributed by atoms with Crippen LogP contribution in [-0.4, -0.2) is 22.9 Å². The van der Waals surface area contributed by atoms with Gasteiger partial charge in [-0.15, -0.1) is 0 Å². The van der Waals surface area contributed by atoms with Gasteiger partial charge in [-0.3, -0.25) is 4.79 Å². The van der Waals surface area contributed by atoms with Crippen molar-refractivity contribution in [2.24, 2.45) is 0 Å². The second kappa shape index (κ2) is 5.74. The molecule has 0 fully saturated rings. The number of rotatable bonds is 3. The number of aromatic amines is 2. The van der Waals surface area contributed by atoms with Crippen molar-refractivity contribution in [1.82, 2.24) is 15.3 Å². The van der Waals surface area contributed by atoms with Gasteiger partial charge in [0.05, 0.1) is 0 Å². The third-order valence-electron chi connectivity index (χ3n) is 4.27. The third kappa shape index (κ3) is 2.29. The molecule has 2 heterocycles. The standard InChI is InChI=1S/C20H17N3O/c1-21-20(24)16(17-12-23-19-9-5-3-7-15(17)19)10-13-11-22-18-8-4-2-6-14(13)18/h2-12,22-23H,1H3,(H,21,24)/b16-10-. The van der Waals surface area contributed by atoms with Crippen molar-refractivity contribution in [2.45, 2.75) is 0 Å². The van der Waals surface area contributed by atoms with E-state index in [9.17, 15) is 4.79 Å². The van der Waals surface area contributed by atoms with Gasteiger partial charge in [0.25, 0.3) is 5.91 Å². The minimum atomic E-state index is -0.106. The number of hydrogen-bond donors (Lipinski definition) is 3. The van der Waals surface area contributed by atoms with Gasteiger partial charge in [-0.1, -0.05) is 36.4 Å². The Balaban J connectivity index is 1.93. The first-order valence-corrected chi connectivity index (χ1v) is 7.84. The number of para-hydroxylation sites is 2. The number of amides is 1. The van der Waals surface area contributed by atoms with Crippen molar-refractivity contribution in [3.63, 3.8) is 0 Å². The molecular formula is C20H17N3O. The normalized spacial score (nSPS) is 12.0. The van der Waals surface area contributed by atoms with Crippen LogP contribution in [-0.2, 0) is 4.79 Å². The molecule has 2 aromatic carbocycles. The van der Waals surface area contributed by atoms with Gasteiger partial charge >= 0.3 is 0 Å². The summed E-state index contributed by atoms with van der Waals surface area (Å²) in [6.07, 6.45) is 5.76. The number of carbonyl (C=O) groups is 1. The minimum absolute atomic E-state index is 0.106. The first-order chi connectivity index (χ1) is 11.8. The SMILES string of the molecule is CNC(=O)/C(=C\c1c[nH]c2ccccc12)c1c[nH]c2ccccc12. The van der Waals surface area contributed by atoms with Crippen molar-refractivity contribution < 1.29 is 4.79 Å². The molecule has 0 aliphatic rings. The maximum absolute atomic E-state index is 12.5. The molecule has 4 rings (SSSR count). The van der Waals surface area contributed by atoms with Crippen molar-refractivity contribution in [2.75, 3.05) is 7.05 Å². The van der Waals surface area contributed by atoms with Crippen LogP contribution in [0.5, 0.6) is 0 Å². The molecule has 4 heteroatoms. The summed E-state index contributed by atoms with van der Waals surface area (Å²) >= 11 is 0. The maximum atomic E-state index is 12.5. The molecule has 0 unspecified atom stereocenters. The second-order valence-corrected chi connectivity index (χ2v) is 5.67. The summed E-state index contributed by atoms with van der Waals surface area (Å²) < 4.78 is 0. The van der Waals surface area contributed by atoms with E-state index in [-0.39, 0.29) is 5.91 Å². The highest BCUT2D eigenvalue weighted by Crippen LogP contribution is 2.29. The highest BCUT2D eigenvalue weighted by Gasteiger charge is 2.15. The molecule has 0 aliphatic carbocycles. The molecule has 2 aromatic heterocycles. The van der Waals surface area contributed by atoms with Crippen LogP contribution in [0.3, 0.4) is 0 Å². The summed E-state index contributed by atoms with van der Waals surface area (Å²) in [5.41, 5.74) is 4.60. The average Bonchev–Trinajstić information content (AvgIpc) is 3.23. The van der Waals surface area contributed by atoms with Crippen LogP contribution in [0.4, 0.5) is 0 Å². The topological polar surface area (TPSA) is 60.7 Å². The monoisotopic (exact) mass is 315 g/mol. The van der Waals surface area contributed by atoms with E-state index in [1.54, 1.807) is 7.05 Å². The summed E-state index contributed by atoms with van der Waals surface area (Å²) in [6.45, 7) is 0. The summed E-state index contributed by atoms with van der Waals surface area (Å²) in [7, 11) is 1.65. The van der Waals surface area contributed by atoms with E-state index in [0.29, 0.717) is 5.57 Å². The van der Waals surface area contributed by atoms with Crippen LogP contribution in [0.1, 0.15) is 11.1 Å². The zero-order valence-electron chi connectivity index (χ0n) is 13.3. The van der Waals surface area contributed by atoms with Gasteiger partial charge in [0, 0.05) is 57.9 Å². The number of nitrogens with one attached hydrogen (secondary N) is 3. The molecular weight excluding hydrogens is 298 g/mol. The number of aromatic nitrogens is 2. The van der Waals surface area contributed by atoms with Crippen molar-refractivity contribution >= 4 is 39.4 Å². The van der Waals surface area contributed by atoms with Crippen LogP contribution >= 0.6 is 0 Å². The van der Waals surface area contributed by atoms with Gasteiger partial charge in [0.2, 0.25) is 0 Å². The molecule has 4 aromatic rings. The number of hydrogen-bond acceptors (Lipinski definition) is 1. The fraction of sp³-hybridized carbons (Fsp3) is 0.0500. The van der Waals surface area contributed by atoms with E-state index < -0.39 is 0 Å². The van der Waals surface area contributed by atoms with E-state index in [1.165, 1.54) is 0 Å². The largest absolute Gasteiger partial charge is 0.361 e. The zero-order valence-corrected chi connectivity index (χ0v) is 13.3. The van der Waals surface area contributed by atoms with Gasteiger partial charge in [0.1, 0.15) is 0 Å². The third-order valence-corrected chi connectivity index (χ3v) is 4.27. The van der Waals surface area contributed by atoms with Gasteiger partial charge in [-0.05, 0) is 18.2 Å². The predicted octanol–water partition coefficient (Wildman–Crippen LogP) is 3.94. The Kier molecular flexibility index (Phi) is 3.43.